The number of carbonyl (C=O) groups is 2. The van der Waals surface area contributed by atoms with Crippen molar-refractivity contribution in [3.05, 3.63) is 71.5 Å². The van der Waals surface area contributed by atoms with Crippen LogP contribution >= 0.6 is 0 Å². The molecule has 0 aromatic heterocycles. The maximum atomic E-state index is 12.9. The number of rotatable bonds is 9. The Morgan fingerprint density at radius 1 is 1.00 bits per heavy atom. The Morgan fingerprint density at radius 3 is 2.32 bits per heavy atom. The molecule has 2 aromatic carbocycles. The van der Waals surface area contributed by atoms with Crippen LogP contribution in [0.1, 0.15) is 43.7 Å². The summed E-state index contributed by atoms with van der Waals surface area (Å²) in [7, 11) is 0. The van der Waals surface area contributed by atoms with Crippen LogP contribution in [0.25, 0.3) is 0 Å². The predicted molar refractivity (Wildman–Crippen MR) is 108 cm³/mol. The molecular formula is C22H28FN3O2. The van der Waals surface area contributed by atoms with Crippen LogP contribution in [0.3, 0.4) is 0 Å². The van der Waals surface area contributed by atoms with Crippen LogP contribution in [0.15, 0.2) is 54.6 Å². The Hall–Kier alpha value is -2.89. The molecule has 5 nitrogen and oxygen atoms in total. The van der Waals surface area contributed by atoms with E-state index in [1.807, 2.05) is 44.2 Å². The van der Waals surface area contributed by atoms with Crippen LogP contribution < -0.4 is 16.0 Å². The molecule has 3 N–H and O–H groups in total. The number of amides is 3. The maximum Gasteiger partial charge on any atom is 0.315 e. The van der Waals surface area contributed by atoms with Gasteiger partial charge in [-0.15, -0.1) is 0 Å². The number of nitrogens with one attached hydrogen (secondary N) is 3. The van der Waals surface area contributed by atoms with Crippen molar-refractivity contribution in [2.75, 3.05) is 6.54 Å². The molecule has 0 unspecified atom stereocenters. The van der Waals surface area contributed by atoms with E-state index in [0.29, 0.717) is 13.0 Å². The van der Waals surface area contributed by atoms with Crippen LogP contribution in [0.4, 0.5) is 9.18 Å². The van der Waals surface area contributed by atoms with E-state index in [1.165, 1.54) is 12.1 Å². The summed E-state index contributed by atoms with van der Waals surface area (Å²) in [6.45, 7) is 4.78. The van der Waals surface area contributed by atoms with Crippen LogP contribution in [0, 0.1) is 5.82 Å². The fourth-order valence-electron chi connectivity index (χ4n) is 2.83. The van der Waals surface area contributed by atoms with Gasteiger partial charge in [0.1, 0.15) is 11.9 Å². The molecule has 0 aliphatic carbocycles. The quantitative estimate of drug-likeness (QED) is 0.616. The molecule has 0 radical (unpaired) electrons. The number of hydrogen-bond donors (Lipinski definition) is 3. The molecule has 2 rings (SSSR count). The van der Waals surface area contributed by atoms with Gasteiger partial charge >= 0.3 is 6.03 Å². The molecule has 0 aliphatic heterocycles. The van der Waals surface area contributed by atoms with Gasteiger partial charge in [-0.1, -0.05) is 62.7 Å². The second-order valence-corrected chi connectivity index (χ2v) is 6.85. The van der Waals surface area contributed by atoms with Gasteiger partial charge in [0.2, 0.25) is 5.91 Å². The zero-order valence-corrected chi connectivity index (χ0v) is 16.4. The van der Waals surface area contributed by atoms with Gasteiger partial charge in [-0.3, -0.25) is 4.79 Å². The second kappa shape index (κ2) is 11.1. The van der Waals surface area contributed by atoms with Gasteiger partial charge in [-0.2, -0.15) is 0 Å². The molecule has 3 amide bonds. The Labute approximate surface area is 165 Å². The number of urea groups is 1. The minimum atomic E-state index is -0.596. The predicted octanol–water partition coefficient (Wildman–Crippen LogP) is 3.71. The highest BCUT2D eigenvalue weighted by Crippen LogP contribution is 2.13. The van der Waals surface area contributed by atoms with Crippen molar-refractivity contribution in [1.29, 1.82) is 0 Å². The highest BCUT2D eigenvalue weighted by Gasteiger charge is 2.20. The standard InChI is InChI=1S/C22H28FN3O2/c1-3-7-20(21(27)24-14-16(2)18-8-5-4-6-9-18)26-22(28)25-15-17-10-12-19(23)13-11-17/h4-6,8-13,16,20H,3,7,14-15H2,1-2H3,(H,24,27)(H2,25,26,28)/t16-,20+/m1/s1. The summed E-state index contributed by atoms with van der Waals surface area (Å²) >= 11 is 0. The Bertz CT molecular complexity index is 750. The van der Waals surface area contributed by atoms with E-state index in [0.717, 1.165) is 17.5 Å². The largest absolute Gasteiger partial charge is 0.354 e. The van der Waals surface area contributed by atoms with Crippen molar-refractivity contribution in [3.8, 4) is 0 Å². The summed E-state index contributed by atoms with van der Waals surface area (Å²) < 4.78 is 12.9. The van der Waals surface area contributed by atoms with E-state index in [2.05, 4.69) is 16.0 Å². The van der Waals surface area contributed by atoms with Crippen LogP contribution in [0.2, 0.25) is 0 Å². The molecule has 0 saturated heterocycles. The molecule has 2 atom stereocenters. The maximum absolute atomic E-state index is 12.9. The van der Waals surface area contributed by atoms with Gasteiger partial charge in [0.15, 0.2) is 0 Å². The smallest absolute Gasteiger partial charge is 0.315 e. The van der Waals surface area contributed by atoms with Gasteiger partial charge in [0.05, 0.1) is 0 Å². The first-order chi connectivity index (χ1) is 13.5. The first-order valence-corrected chi connectivity index (χ1v) is 9.61. The normalized spacial score (nSPS) is 12.7. The van der Waals surface area contributed by atoms with Gasteiger partial charge in [0, 0.05) is 13.1 Å². The van der Waals surface area contributed by atoms with E-state index >= 15 is 0 Å². The average molecular weight is 385 g/mol. The van der Waals surface area contributed by atoms with Crippen molar-refractivity contribution < 1.29 is 14.0 Å². The third-order valence-corrected chi connectivity index (χ3v) is 4.52. The lowest BCUT2D eigenvalue weighted by Gasteiger charge is -2.20. The van der Waals surface area contributed by atoms with Gasteiger partial charge < -0.3 is 16.0 Å². The lowest BCUT2D eigenvalue weighted by Crippen LogP contribution is -2.50. The molecule has 0 saturated carbocycles. The molecule has 0 spiro atoms. The molecule has 6 heteroatoms. The minimum Gasteiger partial charge on any atom is -0.354 e. The van der Waals surface area contributed by atoms with Crippen molar-refractivity contribution in [3.63, 3.8) is 0 Å². The summed E-state index contributed by atoms with van der Waals surface area (Å²) in [5.41, 5.74) is 1.93. The summed E-state index contributed by atoms with van der Waals surface area (Å²) in [6, 6.07) is 14.8. The summed E-state index contributed by atoms with van der Waals surface area (Å²) in [6.07, 6.45) is 1.32. The van der Waals surface area contributed by atoms with Crippen LogP contribution in [-0.2, 0) is 11.3 Å². The highest BCUT2D eigenvalue weighted by atomic mass is 19.1. The summed E-state index contributed by atoms with van der Waals surface area (Å²) in [4.78, 5) is 24.7. The Kier molecular flexibility index (Phi) is 8.46. The zero-order chi connectivity index (χ0) is 20.4. The van der Waals surface area contributed by atoms with Gasteiger partial charge in [-0.25, -0.2) is 9.18 Å². The molecule has 0 fully saturated rings. The van der Waals surface area contributed by atoms with Gasteiger partial charge in [0.25, 0.3) is 0 Å². The average Bonchev–Trinajstić information content (AvgIpc) is 2.71. The second-order valence-electron chi connectivity index (χ2n) is 6.85. The van der Waals surface area contributed by atoms with Crippen molar-refractivity contribution in [2.45, 2.75) is 45.2 Å². The summed E-state index contributed by atoms with van der Waals surface area (Å²) in [5.74, 6) is -0.334. The topological polar surface area (TPSA) is 70.2 Å². The molecule has 0 bridgehead atoms. The van der Waals surface area contributed by atoms with E-state index in [4.69, 9.17) is 0 Å². The van der Waals surface area contributed by atoms with Crippen LogP contribution in [-0.4, -0.2) is 24.5 Å². The van der Waals surface area contributed by atoms with Crippen LogP contribution in [0.5, 0.6) is 0 Å². The van der Waals surface area contributed by atoms with E-state index in [1.54, 1.807) is 12.1 Å². The lowest BCUT2D eigenvalue weighted by atomic mass is 10.0. The van der Waals surface area contributed by atoms with Crippen molar-refractivity contribution in [2.24, 2.45) is 0 Å². The van der Waals surface area contributed by atoms with Crippen molar-refractivity contribution >= 4 is 11.9 Å². The van der Waals surface area contributed by atoms with Gasteiger partial charge in [-0.05, 0) is 35.6 Å². The molecule has 28 heavy (non-hydrogen) atoms. The Balaban J connectivity index is 1.82. The fourth-order valence-corrected chi connectivity index (χ4v) is 2.83. The first-order valence-electron chi connectivity index (χ1n) is 9.61. The highest BCUT2D eigenvalue weighted by molar-refractivity contribution is 5.87. The van der Waals surface area contributed by atoms with E-state index in [9.17, 15) is 14.0 Å². The van der Waals surface area contributed by atoms with E-state index < -0.39 is 12.1 Å². The molecule has 0 aliphatic rings. The zero-order valence-electron chi connectivity index (χ0n) is 16.4. The monoisotopic (exact) mass is 385 g/mol. The fraction of sp³-hybridized carbons (Fsp3) is 0.364. The SMILES string of the molecule is CCC[C@H](NC(=O)NCc1ccc(F)cc1)C(=O)NC[C@@H](C)c1ccccc1. The third kappa shape index (κ3) is 7.02. The number of hydrogen-bond acceptors (Lipinski definition) is 2. The number of carbonyl (C=O) groups excluding carboxylic acids is 2. The molecule has 2 aromatic rings. The molecule has 0 heterocycles. The van der Waals surface area contributed by atoms with E-state index in [-0.39, 0.29) is 24.2 Å². The minimum absolute atomic E-state index is 0.180. The lowest BCUT2D eigenvalue weighted by molar-refractivity contribution is -0.123. The molecule has 150 valence electrons. The van der Waals surface area contributed by atoms with Crippen molar-refractivity contribution in [1.82, 2.24) is 16.0 Å². The number of benzene rings is 2. The number of halogens is 1. The first kappa shape index (κ1) is 21.4. The third-order valence-electron chi connectivity index (χ3n) is 4.52. The summed E-state index contributed by atoms with van der Waals surface area (Å²) in [5, 5.41) is 8.36. The Morgan fingerprint density at radius 2 is 1.68 bits per heavy atom. The molecular weight excluding hydrogens is 357 g/mol.